The largest absolute Gasteiger partial charge is 0.388 e. The summed E-state index contributed by atoms with van der Waals surface area (Å²) in [4.78, 5) is 17.8. The summed E-state index contributed by atoms with van der Waals surface area (Å²) in [6.07, 6.45) is 9.48. The molecule has 4 heteroatoms. The van der Waals surface area contributed by atoms with E-state index in [1.807, 2.05) is 0 Å². The van der Waals surface area contributed by atoms with Crippen LogP contribution in [0.25, 0.3) is 0 Å². The molecule has 3 fully saturated rings. The van der Waals surface area contributed by atoms with Gasteiger partial charge in [-0.25, -0.2) is 0 Å². The number of carbonyl (C=O) groups is 1. The molecule has 2 heterocycles. The SMILES string of the molecule is C[C@H](CC1CCCCC1)C(=O)N1CCC(O)(CN2CC[C@H](c3ccccc3)C2)C(C)(C)C1. The number of aliphatic hydroxyl groups is 1. The van der Waals surface area contributed by atoms with Crippen molar-refractivity contribution in [1.82, 2.24) is 9.80 Å². The first-order valence-corrected chi connectivity index (χ1v) is 13.1. The maximum absolute atomic E-state index is 13.2. The third kappa shape index (κ3) is 5.22. The summed E-state index contributed by atoms with van der Waals surface area (Å²) in [6.45, 7) is 10.5. The Morgan fingerprint density at radius 2 is 1.81 bits per heavy atom. The fourth-order valence-corrected chi connectivity index (χ4v) is 6.52. The Bertz CT molecular complexity index is 758. The molecule has 0 spiro atoms. The fourth-order valence-electron chi connectivity index (χ4n) is 6.52. The second-order valence-electron chi connectivity index (χ2n) is 11.7. The highest BCUT2D eigenvalue weighted by atomic mass is 16.3. The Labute approximate surface area is 195 Å². The quantitative estimate of drug-likeness (QED) is 0.671. The highest BCUT2D eigenvalue weighted by Gasteiger charge is 2.50. The molecule has 3 atom stereocenters. The molecular formula is C28H44N2O2. The zero-order valence-electron chi connectivity index (χ0n) is 20.6. The third-order valence-corrected chi connectivity index (χ3v) is 8.81. The Morgan fingerprint density at radius 1 is 1.09 bits per heavy atom. The van der Waals surface area contributed by atoms with Gasteiger partial charge in [0, 0.05) is 37.5 Å². The van der Waals surface area contributed by atoms with Crippen molar-refractivity contribution in [1.29, 1.82) is 0 Å². The van der Waals surface area contributed by atoms with Crippen LogP contribution in [-0.4, -0.2) is 59.1 Å². The van der Waals surface area contributed by atoms with Gasteiger partial charge in [-0.05, 0) is 43.2 Å². The average molecular weight is 441 g/mol. The molecule has 178 valence electrons. The van der Waals surface area contributed by atoms with Crippen molar-refractivity contribution in [2.24, 2.45) is 17.3 Å². The molecule has 0 aromatic heterocycles. The van der Waals surface area contributed by atoms with E-state index in [-0.39, 0.29) is 11.3 Å². The lowest BCUT2D eigenvalue weighted by Crippen LogP contribution is -2.62. The normalized spacial score (nSPS) is 30.4. The van der Waals surface area contributed by atoms with E-state index >= 15 is 0 Å². The van der Waals surface area contributed by atoms with Crippen molar-refractivity contribution in [2.75, 3.05) is 32.7 Å². The standard InChI is InChI=1S/C28H44N2O2/c1-22(18-23-10-6-4-7-11-23)26(31)30-17-15-28(32,27(2,3)20-30)21-29-16-14-25(19-29)24-12-8-5-9-13-24/h5,8-9,12-13,22-23,25,32H,4,6-7,10-11,14-21H2,1-3H3/t22-,25+,28?/m1/s1. The first-order valence-electron chi connectivity index (χ1n) is 13.1. The van der Waals surface area contributed by atoms with Crippen LogP contribution in [0.5, 0.6) is 0 Å². The van der Waals surface area contributed by atoms with Gasteiger partial charge in [-0.3, -0.25) is 9.69 Å². The summed E-state index contributed by atoms with van der Waals surface area (Å²) in [6, 6.07) is 10.8. The molecule has 1 aliphatic carbocycles. The van der Waals surface area contributed by atoms with E-state index in [2.05, 4.69) is 60.9 Å². The number of rotatable bonds is 6. The minimum Gasteiger partial charge on any atom is -0.388 e. The van der Waals surface area contributed by atoms with Gasteiger partial charge in [-0.1, -0.05) is 83.2 Å². The predicted molar refractivity (Wildman–Crippen MR) is 131 cm³/mol. The van der Waals surface area contributed by atoms with Crippen molar-refractivity contribution in [3.05, 3.63) is 35.9 Å². The first-order chi connectivity index (χ1) is 15.3. The zero-order chi connectivity index (χ0) is 22.8. The number of benzene rings is 1. The van der Waals surface area contributed by atoms with Crippen LogP contribution in [0, 0.1) is 17.3 Å². The van der Waals surface area contributed by atoms with E-state index in [0.29, 0.717) is 37.9 Å². The molecule has 2 aliphatic heterocycles. The van der Waals surface area contributed by atoms with Gasteiger partial charge in [0.15, 0.2) is 0 Å². The van der Waals surface area contributed by atoms with Gasteiger partial charge in [0.1, 0.15) is 0 Å². The van der Waals surface area contributed by atoms with Gasteiger partial charge in [-0.15, -0.1) is 0 Å². The number of nitrogens with zero attached hydrogens (tertiary/aromatic N) is 2. The number of hydrogen-bond donors (Lipinski definition) is 1. The van der Waals surface area contributed by atoms with Crippen LogP contribution in [-0.2, 0) is 4.79 Å². The molecule has 3 aliphatic rings. The van der Waals surface area contributed by atoms with Gasteiger partial charge < -0.3 is 10.0 Å². The smallest absolute Gasteiger partial charge is 0.225 e. The predicted octanol–water partition coefficient (Wildman–Crippen LogP) is 5.07. The molecule has 0 radical (unpaired) electrons. The van der Waals surface area contributed by atoms with Crippen LogP contribution < -0.4 is 0 Å². The molecule has 4 nitrogen and oxygen atoms in total. The lowest BCUT2D eigenvalue weighted by molar-refractivity contribution is -0.157. The number of carbonyl (C=O) groups excluding carboxylic acids is 1. The van der Waals surface area contributed by atoms with E-state index in [4.69, 9.17) is 0 Å². The molecule has 32 heavy (non-hydrogen) atoms. The molecule has 1 N–H and O–H groups in total. The van der Waals surface area contributed by atoms with Gasteiger partial charge in [0.05, 0.1) is 5.60 Å². The number of piperidine rings is 1. The summed E-state index contributed by atoms with van der Waals surface area (Å²) in [5.41, 5.74) is 0.353. The monoisotopic (exact) mass is 440 g/mol. The summed E-state index contributed by atoms with van der Waals surface area (Å²) in [5.74, 6) is 1.69. The van der Waals surface area contributed by atoms with Crippen LogP contribution in [0.1, 0.15) is 83.6 Å². The fraction of sp³-hybridized carbons (Fsp3) is 0.750. The lowest BCUT2D eigenvalue weighted by Gasteiger charge is -2.52. The van der Waals surface area contributed by atoms with Crippen LogP contribution in [0.3, 0.4) is 0 Å². The Kier molecular flexibility index (Phi) is 7.31. The van der Waals surface area contributed by atoms with Gasteiger partial charge in [0.25, 0.3) is 0 Å². The number of likely N-dealkylation sites (tertiary alicyclic amines) is 2. The topological polar surface area (TPSA) is 43.8 Å². The molecule has 1 amide bonds. The Balaban J connectivity index is 1.32. The lowest BCUT2D eigenvalue weighted by atomic mass is 9.69. The maximum Gasteiger partial charge on any atom is 0.225 e. The van der Waals surface area contributed by atoms with Crippen molar-refractivity contribution in [3.8, 4) is 0 Å². The van der Waals surface area contributed by atoms with E-state index in [9.17, 15) is 9.90 Å². The second kappa shape index (κ2) is 9.85. The van der Waals surface area contributed by atoms with Crippen LogP contribution in [0.15, 0.2) is 30.3 Å². The maximum atomic E-state index is 13.2. The molecule has 1 aromatic carbocycles. The van der Waals surface area contributed by atoms with E-state index in [1.165, 1.54) is 37.7 Å². The molecule has 1 unspecified atom stereocenters. The second-order valence-corrected chi connectivity index (χ2v) is 11.7. The van der Waals surface area contributed by atoms with Crippen molar-refractivity contribution in [3.63, 3.8) is 0 Å². The summed E-state index contributed by atoms with van der Waals surface area (Å²) >= 11 is 0. The zero-order valence-corrected chi connectivity index (χ0v) is 20.6. The summed E-state index contributed by atoms with van der Waals surface area (Å²) in [5, 5.41) is 11.7. The van der Waals surface area contributed by atoms with E-state index < -0.39 is 5.60 Å². The summed E-state index contributed by atoms with van der Waals surface area (Å²) < 4.78 is 0. The van der Waals surface area contributed by atoms with E-state index in [1.54, 1.807) is 0 Å². The molecule has 4 rings (SSSR count). The average Bonchev–Trinajstić information content (AvgIpc) is 3.25. The molecule has 2 saturated heterocycles. The van der Waals surface area contributed by atoms with Gasteiger partial charge >= 0.3 is 0 Å². The Hall–Kier alpha value is -1.39. The minimum atomic E-state index is -0.748. The Morgan fingerprint density at radius 3 is 2.50 bits per heavy atom. The number of β-amino-alcohol motifs (C(OH)–C–C–N with tert-alkyl or cyclic N) is 1. The van der Waals surface area contributed by atoms with Crippen molar-refractivity contribution >= 4 is 5.91 Å². The molecule has 0 bridgehead atoms. The van der Waals surface area contributed by atoms with Crippen molar-refractivity contribution in [2.45, 2.75) is 83.7 Å². The highest BCUT2D eigenvalue weighted by Crippen LogP contribution is 2.41. The van der Waals surface area contributed by atoms with Crippen molar-refractivity contribution < 1.29 is 9.90 Å². The van der Waals surface area contributed by atoms with Gasteiger partial charge in [0.2, 0.25) is 5.91 Å². The molecular weight excluding hydrogens is 396 g/mol. The minimum absolute atomic E-state index is 0.102. The number of amides is 1. The van der Waals surface area contributed by atoms with E-state index in [0.717, 1.165) is 31.8 Å². The van der Waals surface area contributed by atoms with Crippen LogP contribution >= 0.6 is 0 Å². The molecule has 1 saturated carbocycles. The summed E-state index contributed by atoms with van der Waals surface area (Å²) in [7, 11) is 0. The molecule has 1 aromatic rings. The third-order valence-electron chi connectivity index (χ3n) is 8.81. The van der Waals surface area contributed by atoms with Gasteiger partial charge in [-0.2, -0.15) is 0 Å². The van der Waals surface area contributed by atoms with Crippen LogP contribution in [0.4, 0.5) is 0 Å². The van der Waals surface area contributed by atoms with Crippen LogP contribution in [0.2, 0.25) is 0 Å². The first kappa shape index (κ1) is 23.8. The highest BCUT2D eigenvalue weighted by molar-refractivity contribution is 5.78. The number of hydrogen-bond acceptors (Lipinski definition) is 3.